The minimum absolute atomic E-state index is 0.0508. The van der Waals surface area contributed by atoms with Gasteiger partial charge in [-0.2, -0.15) is 0 Å². The highest BCUT2D eigenvalue weighted by molar-refractivity contribution is 5.81. The van der Waals surface area contributed by atoms with Crippen molar-refractivity contribution in [3.63, 3.8) is 0 Å². The number of amides is 1. The summed E-state index contributed by atoms with van der Waals surface area (Å²) in [5.41, 5.74) is 2.83. The van der Waals surface area contributed by atoms with E-state index in [2.05, 4.69) is 17.4 Å². The lowest BCUT2D eigenvalue weighted by Crippen LogP contribution is -2.44. The summed E-state index contributed by atoms with van der Waals surface area (Å²) in [6.45, 7) is 2.01. The van der Waals surface area contributed by atoms with Crippen LogP contribution in [-0.2, 0) is 17.6 Å². The lowest BCUT2D eigenvalue weighted by atomic mass is 9.95. The van der Waals surface area contributed by atoms with Crippen LogP contribution in [0.25, 0.3) is 0 Å². The van der Waals surface area contributed by atoms with Crippen molar-refractivity contribution in [2.45, 2.75) is 76.9 Å². The molecule has 0 heterocycles. The second-order valence-electron chi connectivity index (χ2n) is 6.64. The van der Waals surface area contributed by atoms with Crippen LogP contribution in [0.4, 0.5) is 0 Å². The molecule has 0 saturated heterocycles. The number of rotatable bonds is 5. The molecule has 120 valence electrons. The second kappa shape index (κ2) is 7.17. The van der Waals surface area contributed by atoms with E-state index < -0.39 is 0 Å². The molecule has 1 N–H and O–H groups in total. The number of carbonyl (C=O) groups excluding carboxylic acids is 1. The van der Waals surface area contributed by atoms with Crippen molar-refractivity contribution in [3.05, 3.63) is 29.3 Å². The van der Waals surface area contributed by atoms with Crippen LogP contribution in [0.15, 0.2) is 18.2 Å². The van der Waals surface area contributed by atoms with Crippen molar-refractivity contribution >= 4 is 5.91 Å². The standard InChI is InChI=1S/C19H27NO2/c1-2-18(19(21)20-16-9-4-3-5-10-16)22-17-12-11-14-7-6-8-15(14)13-17/h11-13,16,18H,2-10H2,1H3,(H,20,21). The van der Waals surface area contributed by atoms with E-state index in [0.29, 0.717) is 12.5 Å². The number of hydrogen-bond acceptors (Lipinski definition) is 2. The Kier molecular flexibility index (Phi) is 5.01. The van der Waals surface area contributed by atoms with Gasteiger partial charge in [-0.3, -0.25) is 4.79 Å². The first-order chi connectivity index (χ1) is 10.8. The lowest BCUT2D eigenvalue weighted by molar-refractivity contribution is -0.129. The zero-order valence-electron chi connectivity index (χ0n) is 13.6. The number of nitrogens with one attached hydrogen (secondary N) is 1. The maximum atomic E-state index is 12.4. The topological polar surface area (TPSA) is 38.3 Å². The van der Waals surface area contributed by atoms with Crippen LogP contribution in [0, 0.1) is 0 Å². The van der Waals surface area contributed by atoms with Crippen molar-refractivity contribution in [2.75, 3.05) is 0 Å². The van der Waals surface area contributed by atoms with Gasteiger partial charge in [0.1, 0.15) is 5.75 Å². The third-order valence-electron chi connectivity index (χ3n) is 4.96. The number of aryl methyl sites for hydroxylation is 2. The molecule has 1 fully saturated rings. The monoisotopic (exact) mass is 301 g/mol. The molecule has 3 rings (SSSR count). The largest absolute Gasteiger partial charge is 0.481 e. The van der Waals surface area contributed by atoms with E-state index in [0.717, 1.165) is 25.0 Å². The maximum absolute atomic E-state index is 12.4. The Hall–Kier alpha value is -1.51. The average molecular weight is 301 g/mol. The first-order valence-electron chi connectivity index (χ1n) is 8.85. The Balaban J connectivity index is 1.59. The first-order valence-corrected chi connectivity index (χ1v) is 8.85. The minimum atomic E-state index is -0.374. The van der Waals surface area contributed by atoms with Gasteiger partial charge in [-0.1, -0.05) is 32.3 Å². The van der Waals surface area contributed by atoms with Gasteiger partial charge in [0, 0.05) is 6.04 Å². The minimum Gasteiger partial charge on any atom is -0.481 e. The van der Waals surface area contributed by atoms with Crippen LogP contribution >= 0.6 is 0 Å². The Labute approximate surface area is 133 Å². The van der Waals surface area contributed by atoms with E-state index in [-0.39, 0.29) is 12.0 Å². The average Bonchev–Trinajstić information content (AvgIpc) is 3.01. The van der Waals surface area contributed by atoms with E-state index in [1.807, 2.05) is 13.0 Å². The van der Waals surface area contributed by atoms with Crippen LogP contribution in [0.1, 0.15) is 63.0 Å². The summed E-state index contributed by atoms with van der Waals surface area (Å²) in [4.78, 5) is 12.4. The molecule has 2 aliphatic rings. The van der Waals surface area contributed by atoms with Gasteiger partial charge in [0.05, 0.1) is 0 Å². The van der Waals surface area contributed by atoms with E-state index in [1.165, 1.54) is 43.2 Å². The molecule has 3 nitrogen and oxygen atoms in total. The van der Waals surface area contributed by atoms with Gasteiger partial charge in [0.15, 0.2) is 6.10 Å². The normalized spacial score (nSPS) is 19.5. The van der Waals surface area contributed by atoms with Gasteiger partial charge < -0.3 is 10.1 Å². The highest BCUT2D eigenvalue weighted by Gasteiger charge is 2.23. The number of ether oxygens (including phenoxy) is 1. The molecule has 0 spiro atoms. The van der Waals surface area contributed by atoms with Gasteiger partial charge in [-0.25, -0.2) is 0 Å². The number of benzene rings is 1. The van der Waals surface area contributed by atoms with Crippen LogP contribution in [-0.4, -0.2) is 18.1 Å². The summed E-state index contributed by atoms with van der Waals surface area (Å²) in [7, 11) is 0. The van der Waals surface area contributed by atoms with Crippen molar-refractivity contribution < 1.29 is 9.53 Å². The van der Waals surface area contributed by atoms with Crippen LogP contribution < -0.4 is 10.1 Å². The Morgan fingerprint density at radius 2 is 1.95 bits per heavy atom. The highest BCUT2D eigenvalue weighted by Crippen LogP contribution is 2.27. The predicted octanol–water partition coefficient (Wildman–Crippen LogP) is 3.78. The maximum Gasteiger partial charge on any atom is 0.261 e. The molecule has 1 amide bonds. The highest BCUT2D eigenvalue weighted by atomic mass is 16.5. The van der Waals surface area contributed by atoms with E-state index in [1.54, 1.807) is 0 Å². The van der Waals surface area contributed by atoms with Crippen molar-refractivity contribution in [1.82, 2.24) is 5.32 Å². The van der Waals surface area contributed by atoms with Gasteiger partial charge >= 0.3 is 0 Å². The molecule has 22 heavy (non-hydrogen) atoms. The van der Waals surface area contributed by atoms with Gasteiger partial charge in [-0.05, 0) is 61.8 Å². The fourth-order valence-electron chi connectivity index (χ4n) is 3.65. The van der Waals surface area contributed by atoms with Gasteiger partial charge in [0.2, 0.25) is 0 Å². The third-order valence-corrected chi connectivity index (χ3v) is 4.96. The molecule has 1 atom stereocenters. The van der Waals surface area contributed by atoms with Crippen LogP contribution in [0.3, 0.4) is 0 Å². The Bertz CT molecular complexity index is 520. The van der Waals surface area contributed by atoms with Crippen molar-refractivity contribution in [1.29, 1.82) is 0 Å². The number of carbonyl (C=O) groups is 1. The molecule has 1 unspecified atom stereocenters. The van der Waals surface area contributed by atoms with E-state index in [9.17, 15) is 4.79 Å². The quantitative estimate of drug-likeness (QED) is 0.899. The van der Waals surface area contributed by atoms with Crippen LogP contribution in [0.5, 0.6) is 5.75 Å². The lowest BCUT2D eigenvalue weighted by Gasteiger charge is -2.25. The molecular formula is C19H27NO2. The first kappa shape index (κ1) is 15.4. The summed E-state index contributed by atoms with van der Waals surface area (Å²) in [5.74, 6) is 0.890. The fraction of sp³-hybridized carbons (Fsp3) is 0.632. The molecule has 0 bridgehead atoms. The SMILES string of the molecule is CCC(Oc1ccc2c(c1)CCC2)C(=O)NC1CCCCC1. The molecule has 3 heteroatoms. The van der Waals surface area contributed by atoms with E-state index in [4.69, 9.17) is 4.74 Å². The molecule has 1 aromatic carbocycles. The molecule has 2 aliphatic carbocycles. The third kappa shape index (κ3) is 3.63. The molecule has 0 aromatic heterocycles. The summed E-state index contributed by atoms with van der Waals surface area (Å²) in [6, 6.07) is 6.64. The zero-order valence-corrected chi connectivity index (χ0v) is 13.6. The molecule has 1 saturated carbocycles. The molecular weight excluding hydrogens is 274 g/mol. The van der Waals surface area contributed by atoms with Crippen LogP contribution in [0.2, 0.25) is 0 Å². The van der Waals surface area contributed by atoms with Crippen molar-refractivity contribution in [3.8, 4) is 5.75 Å². The molecule has 1 aromatic rings. The second-order valence-corrected chi connectivity index (χ2v) is 6.64. The van der Waals surface area contributed by atoms with Gasteiger partial charge in [-0.15, -0.1) is 0 Å². The smallest absolute Gasteiger partial charge is 0.261 e. The molecule has 0 radical (unpaired) electrons. The number of fused-ring (bicyclic) bond motifs is 1. The summed E-state index contributed by atoms with van der Waals surface area (Å²) < 4.78 is 5.98. The Morgan fingerprint density at radius 3 is 2.73 bits per heavy atom. The van der Waals surface area contributed by atoms with E-state index >= 15 is 0 Å². The Morgan fingerprint density at radius 1 is 1.18 bits per heavy atom. The summed E-state index contributed by atoms with van der Waals surface area (Å²) >= 11 is 0. The van der Waals surface area contributed by atoms with Gasteiger partial charge in [0.25, 0.3) is 5.91 Å². The fourth-order valence-corrected chi connectivity index (χ4v) is 3.65. The summed E-state index contributed by atoms with van der Waals surface area (Å²) in [5, 5.41) is 3.18. The molecule has 0 aliphatic heterocycles. The predicted molar refractivity (Wildman–Crippen MR) is 88.2 cm³/mol. The van der Waals surface area contributed by atoms with Crippen molar-refractivity contribution in [2.24, 2.45) is 0 Å². The summed E-state index contributed by atoms with van der Waals surface area (Å²) in [6.07, 6.45) is 9.86. The zero-order chi connectivity index (χ0) is 15.4. The number of hydrogen-bond donors (Lipinski definition) is 1.